The molecule has 0 spiro atoms. The van der Waals surface area contributed by atoms with Gasteiger partial charge in [0.25, 0.3) is 0 Å². The summed E-state index contributed by atoms with van der Waals surface area (Å²) in [6, 6.07) is 1.06. The van der Waals surface area contributed by atoms with E-state index < -0.39 is 11.9 Å². The van der Waals surface area contributed by atoms with Crippen molar-refractivity contribution in [1.29, 1.82) is 0 Å². The predicted octanol–water partition coefficient (Wildman–Crippen LogP) is 2.23. The van der Waals surface area contributed by atoms with Gasteiger partial charge in [-0.2, -0.15) is 13.2 Å². The number of alkyl halides is 3. The Hall–Kier alpha value is -1.90. The fraction of sp³-hybridized carbons (Fsp3) is 0.722. The van der Waals surface area contributed by atoms with Gasteiger partial charge in [-0.15, -0.1) is 0 Å². The summed E-state index contributed by atoms with van der Waals surface area (Å²) in [6.07, 6.45) is -1.16. The number of anilines is 1. The molecular formula is C18H26F3N5O. The Morgan fingerprint density at radius 2 is 1.89 bits per heavy atom. The maximum atomic E-state index is 13.0. The van der Waals surface area contributed by atoms with Crippen LogP contribution < -0.4 is 10.2 Å². The number of hydrogen-bond donors (Lipinski definition) is 1. The Balaban J connectivity index is 1.56. The van der Waals surface area contributed by atoms with Crippen molar-refractivity contribution in [3.8, 4) is 0 Å². The van der Waals surface area contributed by atoms with Crippen LogP contribution in [0.2, 0.25) is 0 Å². The van der Waals surface area contributed by atoms with E-state index in [9.17, 15) is 18.0 Å². The van der Waals surface area contributed by atoms with E-state index in [1.165, 1.54) is 6.92 Å². The number of amides is 1. The first kappa shape index (κ1) is 19.9. The molecule has 1 aromatic rings. The Kier molecular flexibility index (Phi) is 5.88. The standard InChI is InChI=1S/C18H26F3N5O/c1-12-22-15(18(19,20)21)10-16(23-12)26-8-5-14(6-9-26)24-17(27)13-4-3-7-25(2)11-13/h10,13-14H,3-9,11H2,1-2H3,(H,24,27). The van der Waals surface area contributed by atoms with E-state index in [1.807, 2.05) is 11.9 Å². The van der Waals surface area contributed by atoms with Crippen LogP contribution in [0.5, 0.6) is 0 Å². The lowest BCUT2D eigenvalue weighted by Gasteiger charge is -2.35. The molecule has 0 bridgehead atoms. The lowest BCUT2D eigenvalue weighted by molar-refractivity contribution is -0.141. The van der Waals surface area contributed by atoms with Gasteiger partial charge < -0.3 is 15.1 Å². The molecule has 1 N–H and O–H groups in total. The van der Waals surface area contributed by atoms with Crippen molar-refractivity contribution in [2.24, 2.45) is 5.92 Å². The molecule has 2 aliphatic rings. The van der Waals surface area contributed by atoms with Gasteiger partial charge in [0.05, 0.1) is 5.92 Å². The summed E-state index contributed by atoms with van der Waals surface area (Å²) < 4.78 is 38.9. The monoisotopic (exact) mass is 385 g/mol. The number of aryl methyl sites for hydroxylation is 1. The fourth-order valence-electron chi connectivity index (χ4n) is 3.81. The first-order valence-electron chi connectivity index (χ1n) is 9.39. The first-order chi connectivity index (χ1) is 12.7. The minimum Gasteiger partial charge on any atom is -0.356 e. The summed E-state index contributed by atoms with van der Waals surface area (Å²) in [5.41, 5.74) is -0.915. The van der Waals surface area contributed by atoms with Crippen LogP contribution in [-0.4, -0.2) is 60.0 Å². The zero-order valence-electron chi connectivity index (χ0n) is 15.7. The molecule has 3 heterocycles. The third-order valence-corrected chi connectivity index (χ3v) is 5.28. The van der Waals surface area contributed by atoms with Gasteiger partial charge >= 0.3 is 6.18 Å². The molecule has 1 amide bonds. The molecule has 0 radical (unpaired) electrons. The summed E-state index contributed by atoms with van der Waals surface area (Å²) in [5.74, 6) is 0.531. The average molecular weight is 385 g/mol. The number of carbonyl (C=O) groups excluding carboxylic acids is 1. The molecule has 1 unspecified atom stereocenters. The number of likely N-dealkylation sites (tertiary alicyclic amines) is 1. The topological polar surface area (TPSA) is 61.4 Å². The summed E-state index contributed by atoms with van der Waals surface area (Å²) in [6.45, 7) is 4.39. The number of nitrogens with one attached hydrogen (secondary N) is 1. The number of halogens is 3. The van der Waals surface area contributed by atoms with E-state index in [1.54, 1.807) is 0 Å². The smallest absolute Gasteiger partial charge is 0.356 e. The van der Waals surface area contributed by atoms with Crippen LogP contribution in [-0.2, 0) is 11.0 Å². The molecule has 150 valence electrons. The highest BCUT2D eigenvalue weighted by Crippen LogP contribution is 2.30. The lowest BCUT2D eigenvalue weighted by atomic mass is 9.96. The van der Waals surface area contributed by atoms with Crippen molar-refractivity contribution in [2.45, 2.75) is 44.8 Å². The minimum absolute atomic E-state index is 0.0284. The molecule has 1 atom stereocenters. The number of carbonyl (C=O) groups is 1. The minimum atomic E-state index is -4.48. The van der Waals surface area contributed by atoms with E-state index in [0.717, 1.165) is 32.0 Å². The van der Waals surface area contributed by atoms with E-state index in [4.69, 9.17) is 0 Å². The van der Waals surface area contributed by atoms with Gasteiger partial charge in [-0.1, -0.05) is 0 Å². The predicted molar refractivity (Wildman–Crippen MR) is 95.4 cm³/mol. The molecule has 6 nitrogen and oxygen atoms in total. The van der Waals surface area contributed by atoms with Crippen LogP contribution in [0.3, 0.4) is 0 Å². The normalized spacial score (nSPS) is 22.7. The van der Waals surface area contributed by atoms with E-state index in [2.05, 4.69) is 20.2 Å². The van der Waals surface area contributed by atoms with Gasteiger partial charge in [0, 0.05) is 31.7 Å². The van der Waals surface area contributed by atoms with Crippen molar-refractivity contribution < 1.29 is 18.0 Å². The highest BCUT2D eigenvalue weighted by Gasteiger charge is 2.34. The van der Waals surface area contributed by atoms with E-state index >= 15 is 0 Å². The zero-order valence-corrected chi connectivity index (χ0v) is 15.7. The molecule has 27 heavy (non-hydrogen) atoms. The van der Waals surface area contributed by atoms with Crippen LogP contribution in [0.4, 0.5) is 19.0 Å². The highest BCUT2D eigenvalue weighted by atomic mass is 19.4. The average Bonchev–Trinajstić information content (AvgIpc) is 2.61. The Labute approximate surface area is 157 Å². The second kappa shape index (κ2) is 8.00. The first-order valence-corrected chi connectivity index (χ1v) is 9.39. The quantitative estimate of drug-likeness (QED) is 0.865. The maximum absolute atomic E-state index is 13.0. The molecule has 2 aliphatic heterocycles. The Morgan fingerprint density at radius 3 is 2.52 bits per heavy atom. The number of piperidine rings is 2. The molecule has 0 aliphatic carbocycles. The lowest BCUT2D eigenvalue weighted by Crippen LogP contribution is -2.49. The Morgan fingerprint density at radius 1 is 1.19 bits per heavy atom. The molecule has 0 saturated carbocycles. The summed E-state index contributed by atoms with van der Waals surface area (Å²) >= 11 is 0. The van der Waals surface area contributed by atoms with Crippen molar-refractivity contribution >= 4 is 11.7 Å². The fourth-order valence-corrected chi connectivity index (χ4v) is 3.81. The zero-order chi connectivity index (χ0) is 19.6. The number of rotatable bonds is 3. The van der Waals surface area contributed by atoms with E-state index in [0.29, 0.717) is 31.7 Å². The van der Waals surface area contributed by atoms with Crippen molar-refractivity contribution in [2.75, 3.05) is 38.1 Å². The van der Waals surface area contributed by atoms with Crippen molar-refractivity contribution in [3.63, 3.8) is 0 Å². The van der Waals surface area contributed by atoms with Crippen LogP contribution in [0.1, 0.15) is 37.2 Å². The van der Waals surface area contributed by atoms with Gasteiger partial charge in [0.2, 0.25) is 5.91 Å². The van der Waals surface area contributed by atoms with Crippen LogP contribution in [0.15, 0.2) is 6.07 Å². The third-order valence-electron chi connectivity index (χ3n) is 5.28. The largest absolute Gasteiger partial charge is 0.433 e. The summed E-state index contributed by atoms with van der Waals surface area (Å²) in [4.78, 5) is 24.1. The summed E-state index contributed by atoms with van der Waals surface area (Å²) in [7, 11) is 2.02. The van der Waals surface area contributed by atoms with Crippen LogP contribution in [0.25, 0.3) is 0 Å². The molecule has 2 fully saturated rings. The van der Waals surface area contributed by atoms with Crippen molar-refractivity contribution in [3.05, 3.63) is 17.6 Å². The van der Waals surface area contributed by atoms with Gasteiger partial charge in [-0.05, 0) is 46.2 Å². The van der Waals surface area contributed by atoms with Gasteiger partial charge in [0.15, 0.2) is 0 Å². The Bertz CT molecular complexity index is 673. The maximum Gasteiger partial charge on any atom is 0.433 e. The molecule has 2 saturated heterocycles. The van der Waals surface area contributed by atoms with Crippen LogP contribution >= 0.6 is 0 Å². The van der Waals surface area contributed by atoms with Gasteiger partial charge in [-0.25, -0.2) is 9.97 Å². The third kappa shape index (κ3) is 5.09. The molecular weight excluding hydrogens is 359 g/mol. The van der Waals surface area contributed by atoms with E-state index in [-0.39, 0.29) is 23.7 Å². The van der Waals surface area contributed by atoms with Gasteiger partial charge in [-0.3, -0.25) is 4.79 Å². The molecule has 1 aromatic heterocycles. The number of aromatic nitrogens is 2. The number of hydrogen-bond acceptors (Lipinski definition) is 5. The van der Waals surface area contributed by atoms with Crippen LogP contribution in [0, 0.1) is 12.8 Å². The van der Waals surface area contributed by atoms with Crippen molar-refractivity contribution in [1.82, 2.24) is 20.2 Å². The van der Waals surface area contributed by atoms with Gasteiger partial charge in [0.1, 0.15) is 17.3 Å². The highest BCUT2D eigenvalue weighted by molar-refractivity contribution is 5.79. The molecule has 0 aromatic carbocycles. The summed E-state index contributed by atoms with van der Waals surface area (Å²) in [5, 5.41) is 3.12. The SMILES string of the molecule is Cc1nc(N2CCC(NC(=O)C3CCCN(C)C3)CC2)cc(C(F)(F)F)n1. The molecule has 9 heteroatoms. The second-order valence-corrected chi connectivity index (χ2v) is 7.53. The molecule has 3 rings (SSSR count). The second-order valence-electron chi connectivity index (χ2n) is 7.53. The number of nitrogens with zero attached hydrogens (tertiary/aromatic N) is 4.